The van der Waals surface area contributed by atoms with Crippen LogP contribution in [0.15, 0.2) is 41.1 Å². The number of thiophene rings is 1. The Labute approximate surface area is 107 Å². The highest BCUT2D eigenvalue weighted by Crippen LogP contribution is 2.12. The van der Waals surface area contributed by atoms with Gasteiger partial charge in [0.2, 0.25) is 0 Å². The summed E-state index contributed by atoms with van der Waals surface area (Å²) in [5, 5.41) is 4.29. The van der Waals surface area contributed by atoms with E-state index in [1.54, 1.807) is 11.3 Å². The van der Waals surface area contributed by atoms with Gasteiger partial charge < -0.3 is 5.73 Å². The van der Waals surface area contributed by atoms with Crippen LogP contribution >= 0.6 is 11.3 Å². The Kier molecular flexibility index (Phi) is 4.35. The van der Waals surface area contributed by atoms with E-state index in [0.29, 0.717) is 0 Å². The molecular formula is C15H19NS. The minimum Gasteiger partial charge on any atom is -0.327 e. The van der Waals surface area contributed by atoms with Crippen molar-refractivity contribution in [3.63, 3.8) is 0 Å². The molecule has 0 aliphatic carbocycles. The lowest BCUT2D eigenvalue weighted by atomic mass is 10.00. The molecule has 0 fully saturated rings. The first kappa shape index (κ1) is 12.3. The number of hydrogen-bond donors (Lipinski definition) is 1. The van der Waals surface area contributed by atoms with Crippen molar-refractivity contribution in [1.29, 1.82) is 0 Å². The van der Waals surface area contributed by atoms with E-state index in [0.717, 1.165) is 19.3 Å². The molecule has 17 heavy (non-hydrogen) atoms. The van der Waals surface area contributed by atoms with Crippen LogP contribution in [0, 0.1) is 0 Å². The highest BCUT2D eigenvalue weighted by atomic mass is 32.1. The topological polar surface area (TPSA) is 26.0 Å². The molecule has 1 atom stereocenters. The number of aryl methyl sites for hydroxylation is 1. The van der Waals surface area contributed by atoms with Crippen LogP contribution in [0.25, 0.3) is 0 Å². The second kappa shape index (κ2) is 5.99. The second-order valence-corrected chi connectivity index (χ2v) is 5.25. The van der Waals surface area contributed by atoms with E-state index in [1.165, 1.54) is 16.7 Å². The van der Waals surface area contributed by atoms with Crippen molar-refractivity contribution >= 4 is 11.3 Å². The summed E-state index contributed by atoms with van der Waals surface area (Å²) < 4.78 is 0. The third-order valence-electron chi connectivity index (χ3n) is 3.01. The lowest BCUT2D eigenvalue weighted by Gasteiger charge is -2.11. The largest absolute Gasteiger partial charge is 0.327 e. The van der Waals surface area contributed by atoms with E-state index < -0.39 is 0 Å². The van der Waals surface area contributed by atoms with Crippen LogP contribution in [-0.4, -0.2) is 6.04 Å². The zero-order chi connectivity index (χ0) is 12.1. The second-order valence-electron chi connectivity index (χ2n) is 4.47. The first-order valence-electron chi connectivity index (χ1n) is 6.12. The summed E-state index contributed by atoms with van der Waals surface area (Å²) in [7, 11) is 0. The molecule has 1 heterocycles. The number of benzene rings is 1. The van der Waals surface area contributed by atoms with Crippen molar-refractivity contribution in [1.82, 2.24) is 0 Å². The van der Waals surface area contributed by atoms with Gasteiger partial charge in [0.05, 0.1) is 0 Å². The highest BCUT2D eigenvalue weighted by Gasteiger charge is 2.05. The van der Waals surface area contributed by atoms with Gasteiger partial charge in [-0.1, -0.05) is 31.2 Å². The SMILES string of the molecule is CCc1ccc(CC(N)Cc2ccsc2)cc1. The first-order chi connectivity index (χ1) is 8.28. The predicted molar refractivity (Wildman–Crippen MR) is 75.5 cm³/mol. The lowest BCUT2D eigenvalue weighted by molar-refractivity contribution is 0.666. The monoisotopic (exact) mass is 245 g/mol. The summed E-state index contributed by atoms with van der Waals surface area (Å²) in [4.78, 5) is 0. The smallest absolute Gasteiger partial charge is 0.0120 e. The molecule has 0 radical (unpaired) electrons. The maximum Gasteiger partial charge on any atom is 0.0120 e. The minimum atomic E-state index is 0.220. The lowest BCUT2D eigenvalue weighted by Crippen LogP contribution is -2.25. The van der Waals surface area contributed by atoms with Gasteiger partial charge in [0.25, 0.3) is 0 Å². The fourth-order valence-electron chi connectivity index (χ4n) is 2.00. The van der Waals surface area contributed by atoms with E-state index in [-0.39, 0.29) is 6.04 Å². The zero-order valence-electron chi connectivity index (χ0n) is 10.2. The molecular weight excluding hydrogens is 226 g/mol. The summed E-state index contributed by atoms with van der Waals surface area (Å²) in [6, 6.07) is 11.2. The first-order valence-corrected chi connectivity index (χ1v) is 7.06. The van der Waals surface area contributed by atoms with Crippen LogP contribution in [0.3, 0.4) is 0 Å². The maximum atomic E-state index is 6.17. The average Bonchev–Trinajstić information content (AvgIpc) is 2.82. The maximum absolute atomic E-state index is 6.17. The molecule has 0 aliphatic heterocycles. The molecule has 1 nitrogen and oxygen atoms in total. The molecule has 0 bridgehead atoms. The van der Waals surface area contributed by atoms with Crippen LogP contribution in [0.4, 0.5) is 0 Å². The van der Waals surface area contributed by atoms with Crippen molar-refractivity contribution in [3.8, 4) is 0 Å². The quantitative estimate of drug-likeness (QED) is 0.858. The summed E-state index contributed by atoms with van der Waals surface area (Å²) in [5.74, 6) is 0. The van der Waals surface area contributed by atoms with Gasteiger partial charge in [-0.25, -0.2) is 0 Å². The van der Waals surface area contributed by atoms with E-state index in [9.17, 15) is 0 Å². The zero-order valence-corrected chi connectivity index (χ0v) is 11.0. The van der Waals surface area contributed by atoms with Crippen molar-refractivity contribution in [3.05, 3.63) is 57.8 Å². The van der Waals surface area contributed by atoms with Crippen LogP contribution in [0.5, 0.6) is 0 Å². The van der Waals surface area contributed by atoms with Crippen molar-refractivity contribution in [2.24, 2.45) is 5.73 Å². The van der Waals surface area contributed by atoms with Crippen molar-refractivity contribution in [2.45, 2.75) is 32.2 Å². The van der Waals surface area contributed by atoms with Gasteiger partial charge in [-0.2, -0.15) is 11.3 Å². The Hall–Kier alpha value is -1.12. The third kappa shape index (κ3) is 3.69. The molecule has 90 valence electrons. The Morgan fingerprint density at radius 2 is 1.65 bits per heavy atom. The van der Waals surface area contributed by atoms with Gasteiger partial charge in [0.1, 0.15) is 0 Å². The average molecular weight is 245 g/mol. The molecule has 2 rings (SSSR count). The van der Waals surface area contributed by atoms with Crippen molar-refractivity contribution in [2.75, 3.05) is 0 Å². The van der Waals surface area contributed by atoms with Crippen LogP contribution in [0.2, 0.25) is 0 Å². The van der Waals surface area contributed by atoms with Crippen LogP contribution in [-0.2, 0) is 19.3 Å². The van der Waals surface area contributed by atoms with E-state index in [2.05, 4.69) is 48.0 Å². The number of nitrogens with two attached hydrogens (primary N) is 1. The fraction of sp³-hybridized carbons (Fsp3) is 0.333. The molecule has 1 aromatic carbocycles. The molecule has 2 heteroatoms. The molecule has 2 N–H and O–H groups in total. The molecule has 0 saturated carbocycles. The van der Waals surface area contributed by atoms with Crippen LogP contribution in [0.1, 0.15) is 23.6 Å². The summed E-state index contributed by atoms with van der Waals surface area (Å²) >= 11 is 1.74. The number of hydrogen-bond acceptors (Lipinski definition) is 2. The predicted octanol–water partition coefficient (Wildman–Crippen LogP) is 3.42. The van der Waals surface area contributed by atoms with Crippen LogP contribution < -0.4 is 5.73 Å². The molecule has 0 aliphatic rings. The summed E-state index contributed by atoms with van der Waals surface area (Å²) in [5.41, 5.74) is 10.3. The minimum absolute atomic E-state index is 0.220. The standard InChI is InChI=1S/C15H19NS/c1-2-12-3-5-13(6-4-12)9-15(16)10-14-7-8-17-11-14/h3-8,11,15H,2,9-10,16H2,1H3. The Bertz CT molecular complexity index is 430. The normalized spacial score (nSPS) is 12.6. The highest BCUT2D eigenvalue weighted by molar-refractivity contribution is 7.07. The molecule has 2 aromatic rings. The van der Waals surface area contributed by atoms with Gasteiger partial charge in [-0.05, 0) is 52.8 Å². The van der Waals surface area contributed by atoms with Gasteiger partial charge in [-0.15, -0.1) is 0 Å². The Morgan fingerprint density at radius 3 is 2.24 bits per heavy atom. The molecule has 0 amide bonds. The number of rotatable bonds is 5. The van der Waals surface area contributed by atoms with E-state index in [4.69, 9.17) is 5.73 Å². The van der Waals surface area contributed by atoms with Crippen molar-refractivity contribution < 1.29 is 0 Å². The van der Waals surface area contributed by atoms with Gasteiger partial charge in [0, 0.05) is 6.04 Å². The van der Waals surface area contributed by atoms with Gasteiger partial charge in [0.15, 0.2) is 0 Å². The summed E-state index contributed by atoms with van der Waals surface area (Å²) in [6.45, 7) is 2.18. The summed E-state index contributed by atoms with van der Waals surface area (Å²) in [6.07, 6.45) is 3.03. The molecule has 0 spiro atoms. The van der Waals surface area contributed by atoms with Gasteiger partial charge in [-0.3, -0.25) is 0 Å². The Balaban J connectivity index is 1.91. The fourth-order valence-corrected chi connectivity index (χ4v) is 2.68. The van der Waals surface area contributed by atoms with E-state index >= 15 is 0 Å². The van der Waals surface area contributed by atoms with Gasteiger partial charge >= 0.3 is 0 Å². The third-order valence-corrected chi connectivity index (χ3v) is 3.74. The Morgan fingerprint density at radius 1 is 1.00 bits per heavy atom. The molecule has 0 saturated heterocycles. The molecule has 1 unspecified atom stereocenters. The molecule has 1 aromatic heterocycles. The van der Waals surface area contributed by atoms with E-state index in [1.807, 2.05) is 0 Å².